The van der Waals surface area contributed by atoms with Crippen molar-refractivity contribution in [3.63, 3.8) is 0 Å². The van der Waals surface area contributed by atoms with Gasteiger partial charge in [-0.3, -0.25) is 10.1 Å². The second kappa shape index (κ2) is 6.71. The first-order valence-electron chi connectivity index (χ1n) is 7.96. The molecular weight excluding hydrogens is 307 g/mol. The van der Waals surface area contributed by atoms with Crippen molar-refractivity contribution in [1.29, 1.82) is 0 Å². The standard InChI is InChI=1S/C19H21FN2O2/c1-22(2)19(24)18-17(16(11-23)21-18)13-9-7-12(8-10-13)14-5-3-4-6-15(14)20/h3-10,16-18,21,23H,11H2,1-2H3/t16-,17+,18+/m0/s1. The van der Waals surface area contributed by atoms with Crippen LogP contribution >= 0.6 is 0 Å². The molecule has 1 aliphatic heterocycles. The summed E-state index contributed by atoms with van der Waals surface area (Å²) >= 11 is 0. The smallest absolute Gasteiger partial charge is 0.239 e. The van der Waals surface area contributed by atoms with Gasteiger partial charge in [-0.15, -0.1) is 0 Å². The molecule has 1 aliphatic rings. The first-order chi connectivity index (χ1) is 11.5. The molecule has 2 N–H and O–H groups in total. The minimum absolute atomic E-state index is 0.0112. The van der Waals surface area contributed by atoms with Crippen molar-refractivity contribution >= 4 is 5.91 Å². The van der Waals surface area contributed by atoms with Gasteiger partial charge in [0.15, 0.2) is 0 Å². The van der Waals surface area contributed by atoms with Crippen LogP contribution in [0.25, 0.3) is 11.1 Å². The van der Waals surface area contributed by atoms with Gasteiger partial charge < -0.3 is 10.0 Å². The summed E-state index contributed by atoms with van der Waals surface area (Å²) in [7, 11) is 3.43. The number of nitrogens with zero attached hydrogens (tertiary/aromatic N) is 1. The lowest BCUT2D eigenvalue weighted by Crippen LogP contribution is -2.66. The van der Waals surface area contributed by atoms with E-state index in [1.165, 1.54) is 6.07 Å². The average Bonchev–Trinajstić information content (AvgIpc) is 2.55. The monoisotopic (exact) mass is 328 g/mol. The largest absolute Gasteiger partial charge is 0.395 e. The molecule has 2 aromatic rings. The number of aliphatic hydroxyl groups is 1. The summed E-state index contributed by atoms with van der Waals surface area (Å²) in [5.41, 5.74) is 2.31. The van der Waals surface area contributed by atoms with Gasteiger partial charge in [-0.2, -0.15) is 0 Å². The predicted molar refractivity (Wildman–Crippen MR) is 91.1 cm³/mol. The van der Waals surface area contributed by atoms with E-state index in [4.69, 9.17) is 0 Å². The molecule has 0 unspecified atom stereocenters. The summed E-state index contributed by atoms with van der Waals surface area (Å²) in [6.45, 7) is -0.0308. The van der Waals surface area contributed by atoms with E-state index >= 15 is 0 Å². The van der Waals surface area contributed by atoms with Gasteiger partial charge in [0, 0.05) is 31.6 Å². The van der Waals surface area contributed by atoms with Crippen molar-refractivity contribution < 1.29 is 14.3 Å². The van der Waals surface area contributed by atoms with Crippen LogP contribution in [0.5, 0.6) is 0 Å². The fourth-order valence-corrected chi connectivity index (χ4v) is 3.23. The van der Waals surface area contributed by atoms with Crippen LogP contribution < -0.4 is 5.32 Å². The minimum Gasteiger partial charge on any atom is -0.395 e. The number of benzene rings is 2. The molecule has 4 nitrogen and oxygen atoms in total. The van der Waals surface area contributed by atoms with Crippen molar-refractivity contribution in [2.24, 2.45) is 0 Å². The highest BCUT2D eigenvalue weighted by atomic mass is 19.1. The van der Waals surface area contributed by atoms with Gasteiger partial charge in [-0.1, -0.05) is 42.5 Å². The third kappa shape index (κ3) is 2.92. The topological polar surface area (TPSA) is 52.6 Å². The van der Waals surface area contributed by atoms with E-state index in [2.05, 4.69) is 5.32 Å². The van der Waals surface area contributed by atoms with Gasteiger partial charge in [0.2, 0.25) is 5.91 Å². The predicted octanol–water partition coefficient (Wildman–Crippen LogP) is 2.00. The zero-order chi connectivity index (χ0) is 17.3. The van der Waals surface area contributed by atoms with Crippen molar-refractivity contribution in [3.8, 4) is 11.1 Å². The number of carbonyl (C=O) groups is 1. The van der Waals surface area contributed by atoms with E-state index < -0.39 is 0 Å². The van der Waals surface area contributed by atoms with Gasteiger partial charge in [-0.05, 0) is 17.2 Å². The van der Waals surface area contributed by atoms with Gasteiger partial charge in [-0.25, -0.2) is 4.39 Å². The Hall–Kier alpha value is -2.24. The summed E-state index contributed by atoms with van der Waals surface area (Å²) in [5, 5.41) is 12.6. The molecule has 3 rings (SSSR count). The number of hydrogen-bond donors (Lipinski definition) is 2. The molecule has 0 bridgehead atoms. The Morgan fingerprint density at radius 2 is 1.83 bits per heavy atom. The molecule has 0 aliphatic carbocycles. The van der Waals surface area contributed by atoms with Gasteiger partial charge in [0.25, 0.3) is 0 Å². The van der Waals surface area contributed by atoms with E-state index in [9.17, 15) is 14.3 Å². The average molecular weight is 328 g/mol. The first kappa shape index (κ1) is 16.6. The molecule has 24 heavy (non-hydrogen) atoms. The molecule has 126 valence electrons. The maximum absolute atomic E-state index is 13.9. The van der Waals surface area contributed by atoms with E-state index in [1.807, 2.05) is 24.3 Å². The zero-order valence-electron chi connectivity index (χ0n) is 13.7. The lowest BCUT2D eigenvalue weighted by Gasteiger charge is -2.45. The summed E-state index contributed by atoms with van der Waals surface area (Å²) in [4.78, 5) is 13.8. The van der Waals surface area contributed by atoms with Crippen molar-refractivity contribution in [1.82, 2.24) is 10.2 Å². The zero-order valence-corrected chi connectivity index (χ0v) is 13.7. The van der Waals surface area contributed by atoms with Crippen LogP contribution in [0.15, 0.2) is 48.5 Å². The molecule has 0 spiro atoms. The Kier molecular flexibility index (Phi) is 4.64. The maximum Gasteiger partial charge on any atom is 0.239 e. The second-order valence-corrected chi connectivity index (χ2v) is 6.29. The first-order valence-corrected chi connectivity index (χ1v) is 7.96. The molecule has 0 saturated carbocycles. The highest BCUT2D eigenvalue weighted by Gasteiger charge is 2.45. The normalized spacial score (nSPS) is 22.8. The van der Waals surface area contributed by atoms with Crippen molar-refractivity contribution in [3.05, 3.63) is 59.9 Å². The van der Waals surface area contributed by atoms with Gasteiger partial charge in [0.1, 0.15) is 5.82 Å². The van der Waals surface area contributed by atoms with Crippen LogP contribution in [0.2, 0.25) is 0 Å². The molecule has 1 heterocycles. The van der Waals surface area contributed by atoms with Gasteiger partial charge >= 0.3 is 0 Å². The summed E-state index contributed by atoms with van der Waals surface area (Å²) in [6, 6.07) is 13.7. The van der Waals surface area contributed by atoms with Crippen LogP contribution in [0.3, 0.4) is 0 Å². The van der Waals surface area contributed by atoms with Crippen LogP contribution in [0.1, 0.15) is 11.5 Å². The number of carbonyl (C=O) groups excluding carboxylic acids is 1. The third-order valence-electron chi connectivity index (χ3n) is 4.57. The molecule has 1 saturated heterocycles. The van der Waals surface area contributed by atoms with E-state index in [0.717, 1.165) is 11.1 Å². The molecule has 2 aromatic carbocycles. The summed E-state index contributed by atoms with van der Waals surface area (Å²) in [6.07, 6.45) is 0. The van der Waals surface area contributed by atoms with Crippen LogP contribution in [0, 0.1) is 5.82 Å². The Bertz CT molecular complexity index is 730. The highest BCUT2D eigenvalue weighted by Crippen LogP contribution is 2.34. The fraction of sp³-hybridized carbons (Fsp3) is 0.316. The molecule has 5 heteroatoms. The molecule has 3 atom stereocenters. The minimum atomic E-state index is -0.337. The SMILES string of the molecule is CN(C)C(=O)[C@@H]1N[C@@H](CO)[C@H]1c1ccc(-c2ccccc2F)cc1. The highest BCUT2D eigenvalue weighted by molar-refractivity contribution is 5.84. The van der Waals surface area contributed by atoms with Crippen LogP contribution in [-0.4, -0.2) is 48.7 Å². The van der Waals surface area contributed by atoms with Crippen molar-refractivity contribution in [2.45, 2.75) is 18.0 Å². The molecule has 0 aromatic heterocycles. The Morgan fingerprint density at radius 1 is 1.17 bits per heavy atom. The van der Waals surface area contributed by atoms with E-state index in [-0.39, 0.29) is 36.3 Å². The number of amides is 1. The van der Waals surface area contributed by atoms with Crippen molar-refractivity contribution in [2.75, 3.05) is 20.7 Å². The molecule has 0 radical (unpaired) electrons. The van der Waals surface area contributed by atoms with Crippen LogP contribution in [-0.2, 0) is 4.79 Å². The third-order valence-corrected chi connectivity index (χ3v) is 4.57. The number of likely N-dealkylation sites (N-methyl/N-ethyl adjacent to an activating group) is 1. The maximum atomic E-state index is 13.9. The lowest BCUT2D eigenvalue weighted by molar-refractivity contribution is -0.135. The fourth-order valence-electron chi connectivity index (χ4n) is 3.23. The Labute approximate surface area is 140 Å². The Balaban J connectivity index is 1.86. The summed E-state index contributed by atoms with van der Waals surface area (Å²) in [5.74, 6) is -0.355. The molecule has 1 fully saturated rings. The number of nitrogens with one attached hydrogen (secondary N) is 1. The number of aliphatic hydroxyl groups excluding tert-OH is 1. The van der Waals surface area contributed by atoms with Crippen LogP contribution in [0.4, 0.5) is 4.39 Å². The quantitative estimate of drug-likeness (QED) is 0.903. The lowest BCUT2D eigenvalue weighted by atomic mass is 9.77. The summed E-state index contributed by atoms with van der Waals surface area (Å²) < 4.78 is 13.9. The van der Waals surface area contributed by atoms with E-state index in [1.54, 1.807) is 37.2 Å². The number of rotatable bonds is 4. The number of hydrogen-bond acceptors (Lipinski definition) is 3. The van der Waals surface area contributed by atoms with Gasteiger partial charge in [0.05, 0.1) is 12.6 Å². The number of halogens is 1. The molecular formula is C19H21FN2O2. The van der Waals surface area contributed by atoms with E-state index in [0.29, 0.717) is 5.56 Å². The second-order valence-electron chi connectivity index (χ2n) is 6.29. The molecule has 1 amide bonds. The Morgan fingerprint density at radius 3 is 2.42 bits per heavy atom.